The second-order valence-electron chi connectivity index (χ2n) is 4.69. The SMILES string of the molecule is CCC[C@@H](C)NC(=O)NCCc1ccc(OC)cc1. The number of amides is 2. The van der Waals surface area contributed by atoms with Crippen LogP contribution in [-0.4, -0.2) is 25.7 Å². The molecule has 1 aromatic carbocycles. The topological polar surface area (TPSA) is 50.4 Å². The van der Waals surface area contributed by atoms with E-state index in [1.165, 1.54) is 5.56 Å². The average molecular weight is 264 g/mol. The molecule has 4 nitrogen and oxygen atoms in total. The molecular weight excluding hydrogens is 240 g/mol. The van der Waals surface area contributed by atoms with Gasteiger partial charge in [0.25, 0.3) is 0 Å². The molecule has 1 atom stereocenters. The summed E-state index contributed by atoms with van der Waals surface area (Å²) in [6.07, 6.45) is 2.90. The van der Waals surface area contributed by atoms with Crippen molar-refractivity contribution in [3.8, 4) is 5.75 Å². The Morgan fingerprint density at radius 1 is 1.32 bits per heavy atom. The maximum absolute atomic E-state index is 11.6. The zero-order valence-corrected chi connectivity index (χ0v) is 12.0. The maximum Gasteiger partial charge on any atom is 0.315 e. The zero-order chi connectivity index (χ0) is 14.1. The predicted octanol–water partition coefficient (Wildman–Crippen LogP) is 2.73. The molecule has 19 heavy (non-hydrogen) atoms. The van der Waals surface area contributed by atoms with Gasteiger partial charge in [0.05, 0.1) is 7.11 Å². The van der Waals surface area contributed by atoms with Crippen LogP contribution in [0.5, 0.6) is 5.75 Å². The van der Waals surface area contributed by atoms with Gasteiger partial charge in [-0.25, -0.2) is 4.79 Å². The lowest BCUT2D eigenvalue weighted by molar-refractivity contribution is 0.237. The summed E-state index contributed by atoms with van der Waals surface area (Å²) in [6.45, 7) is 4.77. The van der Waals surface area contributed by atoms with Gasteiger partial charge in [-0.15, -0.1) is 0 Å². The Balaban J connectivity index is 2.23. The summed E-state index contributed by atoms with van der Waals surface area (Å²) < 4.78 is 5.10. The average Bonchev–Trinajstić information content (AvgIpc) is 2.39. The molecule has 0 spiro atoms. The molecule has 0 unspecified atom stereocenters. The molecule has 0 bridgehead atoms. The summed E-state index contributed by atoms with van der Waals surface area (Å²) in [4.78, 5) is 11.6. The minimum Gasteiger partial charge on any atom is -0.497 e. The lowest BCUT2D eigenvalue weighted by atomic mass is 10.1. The Labute approximate surface area is 115 Å². The highest BCUT2D eigenvalue weighted by Crippen LogP contribution is 2.11. The van der Waals surface area contributed by atoms with Gasteiger partial charge in [-0.1, -0.05) is 25.5 Å². The number of rotatable bonds is 7. The lowest BCUT2D eigenvalue weighted by Crippen LogP contribution is -2.41. The van der Waals surface area contributed by atoms with Crippen LogP contribution in [0.2, 0.25) is 0 Å². The molecule has 0 aromatic heterocycles. The molecule has 0 radical (unpaired) electrons. The molecule has 0 saturated carbocycles. The van der Waals surface area contributed by atoms with E-state index in [1.54, 1.807) is 7.11 Å². The Morgan fingerprint density at radius 3 is 2.58 bits per heavy atom. The molecule has 0 saturated heterocycles. The molecule has 2 amide bonds. The van der Waals surface area contributed by atoms with Crippen LogP contribution in [0.15, 0.2) is 24.3 Å². The summed E-state index contributed by atoms with van der Waals surface area (Å²) >= 11 is 0. The smallest absolute Gasteiger partial charge is 0.315 e. The third kappa shape index (κ3) is 6.13. The van der Waals surface area contributed by atoms with Crippen LogP contribution in [0.25, 0.3) is 0 Å². The molecule has 1 aromatic rings. The Hall–Kier alpha value is -1.71. The highest BCUT2D eigenvalue weighted by molar-refractivity contribution is 5.74. The van der Waals surface area contributed by atoms with E-state index < -0.39 is 0 Å². The first-order valence-electron chi connectivity index (χ1n) is 6.83. The molecule has 0 aliphatic rings. The molecule has 0 heterocycles. The quantitative estimate of drug-likeness (QED) is 0.795. The lowest BCUT2D eigenvalue weighted by Gasteiger charge is -2.13. The van der Waals surface area contributed by atoms with Crippen molar-refractivity contribution in [1.29, 1.82) is 0 Å². The highest BCUT2D eigenvalue weighted by atomic mass is 16.5. The fraction of sp³-hybridized carbons (Fsp3) is 0.533. The van der Waals surface area contributed by atoms with Gasteiger partial charge < -0.3 is 15.4 Å². The van der Waals surface area contributed by atoms with E-state index in [0.29, 0.717) is 6.54 Å². The van der Waals surface area contributed by atoms with E-state index in [2.05, 4.69) is 17.6 Å². The first-order chi connectivity index (χ1) is 9.15. The summed E-state index contributed by atoms with van der Waals surface area (Å²) in [6, 6.07) is 8.02. The molecule has 4 heteroatoms. The van der Waals surface area contributed by atoms with Crippen LogP contribution in [-0.2, 0) is 6.42 Å². The van der Waals surface area contributed by atoms with Gasteiger partial charge in [0.1, 0.15) is 5.75 Å². The number of carbonyl (C=O) groups excluding carboxylic acids is 1. The number of hydrogen-bond acceptors (Lipinski definition) is 2. The predicted molar refractivity (Wildman–Crippen MR) is 77.6 cm³/mol. The van der Waals surface area contributed by atoms with Crippen molar-refractivity contribution in [2.75, 3.05) is 13.7 Å². The molecule has 0 fully saturated rings. The van der Waals surface area contributed by atoms with Crippen LogP contribution in [0, 0.1) is 0 Å². The van der Waals surface area contributed by atoms with Crippen molar-refractivity contribution in [3.05, 3.63) is 29.8 Å². The van der Waals surface area contributed by atoms with Gasteiger partial charge in [-0.05, 0) is 37.5 Å². The van der Waals surface area contributed by atoms with Crippen LogP contribution in [0.3, 0.4) is 0 Å². The van der Waals surface area contributed by atoms with E-state index in [9.17, 15) is 4.79 Å². The third-order valence-corrected chi connectivity index (χ3v) is 2.96. The Kier molecular flexibility index (Phi) is 6.79. The number of ether oxygens (including phenoxy) is 1. The van der Waals surface area contributed by atoms with Gasteiger partial charge in [0.2, 0.25) is 0 Å². The largest absolute Gasteiger partial charge is 0.497 e. The number of benzene rings is 1. The van der Waals surface area contributed by atoms with Gasteiger partial charge in [-0.2, -0.15) is 0 Å². The monoisotopic (exact) mass is 264 g/mol. The number of carbonyl (C=O) groups is 1. The van der Waals surface area contributed by atoms with Gasteiger partial charge in [-0.3, -0.25) is 0 Å². The molecule has 2 N–H and O–H groups in total. The van der Waals surface area contributed by atoms with Crippen LogP contribution >= 0.6 is 0 Å². The van der Waals surface area contributed by atoms with Crippen molar-refractivity contribution in [3.63, 3.8) is 0 Å². The molecule has 0 aliphatic heterocycles. The van der Waals surface area contributed by atoms with Crippen molar-refractivity contribution in [2.24, 2.45) is 0 Å². The van der Waals surface area contributed by atoms with Crippen molar-refractivity contribution in [2.45, 2.75) is 39.2 Å². The Morgan fingerprint density at radius 2 is 2.00 bits per heavy atom. The number of methoxy groups -OCH3 is 1. The molecule has 0 aliphatic carbocycles. The number of hydrogen-bond donors (Lipinski definition) is 2. The molecular formula is C15H24N2O2. The van der Waals surface area contributed by atoms with Crippen molar-refractivity contribution in [1.82, 2.24) is 10.6 Å². The van der Waals surface area contributed by atoms with Crippen molar-refractivity contribution < 1.29 is 9.53 Å². The second kappa shape index (κ2) is 8.40. The van der Waals surface area contributed by atoms with Gasteiger partial charge >= 0.3 is 6.03 Å². The van der Waals surface area contributed by atoms with Crippen molar-refractivity contribution >= 4 is 6.03 Å². The first-order valence-corrected chi connectivity index (χ1v) is 6.83. The summed E-state index contributed by atoms with van der Waals surface area (Å²) in [5.41, 5.74) is 1.18. The summed E-state index contributed by atoms with van der Waals surface area (Å²) in [5, 5.41) is 5.78. The minimum atomic E-state index is -0.0885. The van der Waals surface area contributed by atoms with E-state index >= 15 is 0 Å². The van der Waals surface area contributed by atoms with Gasteiger partial charge in [0.15, 0.2) is 0 Å². The summed E-state index contributed by atoms with van der Waals surface area (Å²) in [5.74, 6) is 0.850. The standard InChI is InChI=1S/C15H24N2O2/c1-4-5-12(2)17-15(18)16-11-10-13-6-8-14(19-3)9-7-13/h6-9,12H,4-5,10-11H2,1-3H3,(H2,16,17,18)/t12-/m1/s1. The fourth-order valence-corrected chi connectivity index (χ4v) is 1.89. The fourth-order valence-electron chi connectivity index (χ4n) is 1.89. The van der Waals surface area contributed by atoms with E-state index in [4.69, 9.17) is 4.74 Å². The third-order valence-electron chi connectivity index (χ3n) is 2.96. The van der Waals surface area contributed by atoms with E-state index in [1.807, 2.05) is 31.2 Å². The van der Waals surface area contributed by atoms with E-state index in [0.717, 1.165) is 25.0 Å². The van der Waals surface area contributed by atoms with E-state index in [-0.39, 0.29) is 12.1 Å². The normalized spacial score (nSPS) is 11.7. The van der Waals surface area contributed by atoms with Crippen LogP contribution < -0.4 is 15.4 Å². The van der Waals surface area contributed by atoms with Crippen LogP contribution in [0.4, 0.5) is 4.79 Å². The zero-order valence-electron chi connectivity index (χ0n) is 12.0. The number of urea groups is 1. The molecule has 106 valence electrons. The summed E-state index contributed by atoms with van der Waals surface area (Å²) in [7, 11) is 1.65. The van der Waals surface area contributed by atoms with Gasteiger partial charge in [0, 0.05) is 12.6 Å². The van der Waals surface area contributed by atoms with Crippen LogP contribution in [0.1, 0.15) is 32.3 Å². The number of nitrogens with one attached hydrogen (secondary N) is 2. The second-order valence-corrected chi connectivity index (χ2v) is 4.69. The minimum absolute atomic E-state index is 0.0885. The first kappa shape index (κ1) is 15.3. The maximum atomic E-state index is 11.6. The molecule has 1 rings (SSSR count). The Bertz CT molecular complexity index is 376. The highest BCUT2D eigenvalue weighted by Gasteiger charge is 2.05.